The van der Waals surface area contributed by atoms with Crippen LogP contribution in [-0.4, -0.2) is 72.3 Å². The summed E-state index contributed by atoms with van der Waals surface area (Å²) < 4.78 is 5.31. The van der Waals surface area contributed by atoms with E-state index in [-0.39, 0.29) is 11.9 Å². The number of amides is 1. The van der Waals surface area contributed by atoms with Gasteiger partial charge in [-0.1, -0.05) is 18.2 Å². The predicted octanol–water partition coefficient (Wildman–Crippen LogP) is 3.59. The molecule has 0 aliphatic carbocycles. The lowest BCUT2D eigenvalue weighted by molar-refractivity contribution is -0.135. The highest BCUT2D eigenvalue weighted by Crippen LogP contribution is 2.25. The van der Waals surface area contributed by atoms with Crippen molar-refractivity contribution in [3.05, 3.63) is 60.3 Å². The van der Waals surface area contributed by atoms with E-state index in [1.165, 1.54) is 0 Å². The van der Waals surface area contributed by atoms with Crippen LogP contribution in [0.1, 0.15) is 25.3 Å². The van der Waals surface area contributed by atoms with Crippen LogP contribution in [0.15, 0.2) is 54.7 Å². The first kappa shape index (κ1) is 23.0. The second-order valence-corrected chi connectivity index (χ2v) is 8.93. The molecule has 2 heterocycles. The van der Waals surface area contributed by atoms with Gasteiger partial charge in [-0.2, -0.15) is 5.10 Å². The molecule has 2 unspecified atom stereocenters. The molecule has 7 heteroatoms. The third-order valence-corrected chi connectivity index (χ3v) is 6.65. The molecule has 0 bridgehead atoms. The summed E-state index contributed by atoms with van der Waals surface area (Å²) in [5.74, 6) is 1.88. The van der Waals surface area contributed by atoms with Gasteiger partial charge in [-0.05, 0) is 73.5 Å². The summed E-state index contributed by atoms with van der Waals surface area (Å²) in [5.41, 5.74) is 1.11. The molecule has 0 radical (unpaired) electrons. The SMILES string of the molecule is COc1ccc2cc(CN(C)C(=O)C(C)N(C)CC3CCCN3c3cccnn3)ccc2c1. The Labute approximate surface area is 196 Å². The highest BCUT2D eigenvalue weighted by atomic mass is 16.5. The van der Waals surface area contributed by atoms with Crippen molar-refractivity contribution in [1.82, 2.24) is 20.0 Å². The number of anilines is 1. The van der Waals surface area contributed by atoms with E-state index in [0.717, 1.165) is 53.8 Å². The number of fused-ring (bicyclic) bond motifs is 1. The quantitative estimate of drug-likeness (QED) is 0.526. The summed E-state index contributed by atoms with van der Waals surface area (Å²) >= 11 is 0. The number of ether oxygens (including phenoxy) is 1. The molecule has 1 aliphatic heterocycles. The van der Waals surface area contributed by atoms with Gasteiger partial charge in [0.2, 0.25) is 5.91 Å². The van der Waals surface area contributed by atoms with Crippen molar-refractivity contribution in [3.8, 4) is 5.75 Å². The average Bonchev–Trinajstić information content (AvgIpc) is 3.31. The van der Waals surface area contributed by atoms with E-state index in [0.29, 0.717) is 12.6 Å². The molecule has 1 fully saturated rings. The van der Waals surface area contributed by atoms with Gasteiger partial charge in [-0.15, -0.1) is 5.10 Å². The molecule has 0 saturated carbocycles. The van der Waals surface area contributed by atoms with Crippen LogP contribution < -0.4 is 9.64 Å². The van der Waals surface area contributed by atoms with Crippen LogP contribution in [0.3, 0.4) is 0 Å². The van der Waals surface area contributed by atoms with Crippen molar-refractivity contribution < 1.29 is 9.53 Å². The molecular weight excluding hydrogens is 414 g/mol. The van der Waals surface area contributed by atoms with Crippen LogP contribution in [0.5, 0.6) is 5.75 Å². The number of benzene rings is 2. The largest absolute Gasteiger partial charge is 0.497 e. The normalized spacial score (nSPS) is 16.9. The summed E-state index contributed by atoms with van der Waals surface area (Å²) in [7, 11) is 5.59. The average molecular weight is 448 g/mol. The van der Waals surface area contributed by atoms with Gasteiger partial charge in [0.25, 0.3) is 0 Å². The Bertz CT molecular complexity index is 1090. The maximum absolute atomic E-state index is 13.2. The van der Waals surface area contributed by atoms with Crippen LogP contribution in [-0.2, 0) is 11.3 Å². The highest BCUT2D eigenvalue weighted by molar-refractivity contribution is 5.85. The third kappa shape index (κ3) is 5.25. The Morgan fingerprint density at radius 1 is 1.18 bits per heavy atom. The van der Waals surface area contributed by atoms with E-state index in [2.05, 4.69) is 44.3 Å². The number of rotatable bonds is 8. The Morgan fingerprint density at radius 3 is 2.73 bits per heavy atom. The minimum atomic E-state index is -0.205. The standard InChI is InChI=1S/C26H33N5O2/c1-19(29(2)18-23-7-6-14-31(23)25-8-5-13-27-28-25)26(32)30(3)17-20-9-10-22-16-24(33-4)12-11-21(22)15-20/h5,8-13,15-16,19,23H,6-7,14,17-18H2,1-4H3. The number of carbonyl (C=O) groups excluding carboxylic acids is 1. The van der Waals surface area contributed by atoms with Crippen molar-refractivity contribution in [1.29, 1.82) is 0 Å². The number of aromatic nitrogens is 2. The van der Waals surface area contributed by atoms with Gasteiger partial charge in [0, 0.05) is 38.9 Å². The number of nitrogens with zero attached hydrogens (tertiary/aromatic N) is 5. The monoisotopic (exact) mass is 447 g/mol. The minimum Gasteiger partial charge on any atom is -0.497 e. The fourth-order valence-corrected chi connectivity index (χ4v) is 4.62. The minimum absolute atomic E-state index is 0.122. The molecule has 1 aliphatic rings. The fraction of sp³-hybridized carbons (Fsp3) is 0.423. The predicted molar refractivity (Wildman–Crippen MR) is 131 cm³/mol. The molecule has 2 aromatic carbocycles. The van der Waals surface area contributed by atoms with E-state index in [1.807, 2.05) is 50.2 Å². The van der Waals surface area contributed by atoms with Gasteiger partial charge in [-0.25, -0.2) is 0 Å². The van der Waals surface area contributed by atoms with Crippen molar-refractivity contribution >= 4 is 22.5 Å². The van der Waals surface area contributed by atoms with E-state index < -0.39 is 0 Å². The summed E-state index contributed by atoms with van der Waals surface area (Å²) in [6.07, 6.45) is 3.92. The van der Waals surface area contributed by atoms with Crippen LogP contribution >= 0.6 is 0 Å². The maximum Gasteiger partial charge on any atom is 0.239 e. The zero-order valence-corrected chi connectivity index (χ0v) is 19.9. The first-order chi connectivity index (χ1) is 16.0. The smallest absolute Gasteiger partial charge is 0.239 e. The molecular formula is C26H33N5O2. The second-order valence-electron chi connectivity index (χ2n) is 8.93. The molecule has 3 aromatic rings. The number of likely N-dealkylation sites (N-methyl/N-ethyl adjacent to an activating group) is 2. The van der Waals surface area contributed by atoms with E-state index in [1.54, 1.807) is 13.3 Å². The van der Waals surface area contributed by atoms with E-state index >= 15 is 0 Å². The Morgan fingerprint density at radius 2 is 1.97 bits per heavy atom. The number of hydrogen-bond donors (Lipinski definition) is 0. The number of carbonyl (C=O) groups is 1. The Hall–Kier alpha value is -3.19. The molecule has 1 saturated heterocycles. The van der Waals surface area contributed by atoms with Crippen LogP contribution in [0.4, 0.5) is 5.82 Å². The first-order valence-electron chi connectivity index (χ1n) is 11.5. The highest BCUT2D eigenvalue weighted by Gasteiger charge is 2.30. The molecule has 33 heavy (non-hydrogen) atoms. The van der Waals surface area contributed by atoms with Gasteiger partial charge in [-0.3, -0.25) is 9.69 Å². The molecule has 0 spiro atoms. The maximum atomic E-state index is 13.2. The summed E-state index contributed by atoms with van der Waals surface area (Å²) in [5, 5.41) is 10.6. The van der Waals surface area contributed by atoms with Gasteiger partial charge in [0.1, 0.15) is 5.75 Å². The summed E-state index contributed by atoms with van der Waals surface area (Å²) in [6.45, 7) is 4.36. The van der Waals surface area contributed by atoms with E-state index in [4.69, 9.17) is 4.74 Å². The lowest BCUT2D eigenvalue weighted by atomic mass is 10.1. The Balaban J connectivity index is 1.37. The molecule has 1 amide bonds. The van der Waals surface area contributed by atoms with Crippen molar-refractivity contribution in [2.75, 3.05) is 39.2 Å². The van der Waals surface area contributed by atoms with Crippen LogP contribution in [0.25, 0.3) is 10.8 Å². The fourth-order valence-electron chi connectivity index (χ4n) is 4.62. The number of methoxy groups -OCH3 is 1. The van der Waals surface area contributed by atoms with Gasteiger partial charge >= 0.3 is 0 Å². The molecule has 4 rings (SSSR count). The van der Waals surface area contributed by atoms with Gasteiger partial charge < -0.3 is 14.5 Å². The Kier molecular flexibility index (Phi) is 7.08. The van der Waals surface area contributed by atoms with Crippen molar-refractivity contribution in [3.63, 3.8) is 0 Å². The zero-order valence-electron chi connectivity index (χ0n) is 19.9. The zero-order chi connectivity index (χ0) is 23.4. The molecule has 1 aromatic heterocycles. The molecule has 7 nitrogen and oxygen atoms in total. The molecule has 0 N–H and O–H groups in total. The first-order valence-corrected chi connectivity index (χ1v) is 11.5. The van der Waals surface area contributed by atoms with Crippen molar-refractivity contribution in [2.45, 2.75) is 38.4 Å². The number of hydrogen-bond acceptors (Lipinski definition) is 6. The van der Waals surface area contributed by atoms with Crippen LogP contribution in [0, 0.1) is 0 Å². The van der Waals surface area contributed by atoms with Gasteiger partial charge in [0.15, 0.2) is 5.82 Å². The summed E-state index contributed by atoms with van der Waals surface area (Å²) in [4.78, 5) is 19.5. The molecule has 2 atom stereocenters. The van der Waals surface area contributed by atoms with Crippen LogP contribution in [0.2, 0.25) is 0 Å². The third-order valence-electron chi connectivity index (χ3n) is 6.65. The van der Waals surface area contributed by atoms with E-state index in [9.17, 15) is 4.79 Å². The topological polar surface area (TPSA) is 61.8 Å². The lowest BCUT2D eigenvalue weighted by Crippen LogP contribution is -2.48. The van der Waals surface area contributed by atoms with Crippen molar-refractivity contribution in [2.24, 2.45) is 0 Å². The lowest BCUT2D eigenvalue weighted by Gasteiger charge is -2.33. The van der Waals surface area contributed by atoms with Gasteiger partial charge in [0.05, 0.1) is 13.2 Å². The summed E-state index contributed by atoms with van der Waals surface area (Å²) in [6, 6.07) is 16.4. The second kappa shape index (κ2) is 10.2. The molecule has 174 valence electrons.